The Morgan fingerprint density at radius 1 is 1.29 bits per heavy atom. The van der Waals surface area contributed by atoms with Crippen LogP contribution >= 0.6 is 0 Å². The van der Waals surface area contributed by atoms with Crippen molar-refractivity contribution in [3.8, 4) is 0 Å². The van der Waals surface area contributed by atoms with Crippen LogP contribution in [-0.4, -0.2) is 29.9 Å². The van der Waals surface area contributed by atoms with Gasteiger partial charge in [-0.05, 0) is 26.3 Å². The maximum absolute atomic E-state index is 11.2. The molecule has 3 heteroatoms. The van der Waals surface area contributed by atoms with E-state index in [1.807, 2.05) is 14.0 Å². The molecule has 84 valence electrons. The number of hydrogen-bond acceptors (Lipinski definition) is 2. The molecule has 0 aliphatic heterocycles. The minimum absolute atomic E-state index is 0.126. The minimum Gasteiger partial charge on any atom is -0.368 e. The van der Waals surface area contributed by atoms with Crippen molar-refractivity contribution < 1.29 is 4.79 Å². The van der Waals surface area contributed by atoms with E-state index in [0.717, 1.165) is 12.8 Å². The lowest BCUT2D eigenvalue weighted by atomic mass is 9.97. The third kappa shape index (κ3) is 3.29. The molecular weight excluding hydrogens is 176 g/mol. The minimum atomic E-state index is -0.217. The maximum atomic E-state index is 11.2. The van der Waals surface area contributed by atoms with Gasteiger partial charge in [-0.1, -0.05) is 27.2 Å². The van der Waals surface area contributed by atoms with Crippen LogP contribution in [0.3, 0.4) is 0 Å². The molecule has 0 aromatic rings. The highest BCUT2D eigenvalue weighted by atomic mass is 16.1. The van der Waals surface area contributed by atoms with E-state index >= 15 is 0 Å². The standard InChI is InChI=1S/C11H24N2O/c1-6-8(3)9(4)13(5)10(7-2)11(12)14/h8-10H,6-7H2,1-5H3,(H2,12,14)/t8-,9+,10-/m0/s1. The fourth-order valence-electron chi connectivity index (χ4n) is 1.72. The van der Waals surface area contributed by atoms with Gasteiger partial charge in [0.2, 0.25) is 5.91 Å². The van der Waals surface area contributed by atoms with Gasteiger partial charge < -0.3 is 5.73 Å². The summed E-state index contributed by atoms with van der Waals surface area (Å²) in [5.41, 5.74) is 5.35. The number of nitrogens with zero attached hydrogens (tertiary/aromatic N) is 1. The van der Waals surface area contributed by atoms with Crippen LogP contribution in [-0.2, 0) is 4.79 Å². The Morgan fingerprint density at radius 2 is 1.79 bits per heavy atom. The molecule has 2 N–H and O–H groups in total. The van der Waals surface area contributed by atoms with Gasteiger partial charge in [0.15, 0.2) is 0 Å². The summed E-state index contributed by atoms with van der Waals surface area (Å²) in [6.45, 7) is 8.52. The summed E-state index contributed by atoms with van der Waals surface area (Å²) in [4.78, 5) is 13.3. The molecule has 0 aromatic heterocycles. The molecule has 0 radical (unpaired) electrons. The number of carbonyl (C=O) groups excluding carboxylic acids is 1. The van der Waals surface area contributed by atoms with Gasteiger partial charge in [0, 0.05) is 6.04 Å². The Kier molecular flexibility index (Phi) is 5.77. The van der Waals surface area contributed by atoms with E-state index in [1.165, 1.54) is 0 Å². The average Bonchev–Trinajstić information content (AvgIpc) is 2.15. The molecule has 0 saturated carbocycles. The van der Waals surface area contributed by atoms with Crippen LogP contribution in [0.15, 0.2) is 0 Å². The Hall–Kier alpha value is -0.570. The number of hydrogen-bond donors (Lipinski definition) is 1. The van der Waals surface area contributed by atoms with Crippen molar-refractivity contribution in [3.63, 3.8) is 0 Å². The second-order valence-corrected chi connectivity index (χ2v) is 4.12. The predicted molar refractivity (Wildman–Crippen MR) is 60.0 cm³/mol. The largest absolute Gasteiger partial charge is 0.368 e. The summed E-state index contributed by atoms with van der Waals surface area (Å²) < 4.78 is 0. The summed E-state index contributed by atoms with van der Waals surface area (Å²) >= 11 is 0. The van der Waals surface area contributed by atoms with E-state index in [1.54, 1.807) is 0 Å². The monoisotopic (exact) mass is 200 g/mol. The topological polar surface area (TPSA) is 46.3 Å². The highest BCUT2D eigenvalue weighted by molar-refractivity contribution is 5.79. The Bertz CT molecular complexity index is 182. The molecule has 0 heterocycles. The molecule has 3 nitrogen and oxygen atoms in total. The van der Waals surface area contributed by atoms with Gasteiger partial charge in [-0.3, -0.25) is 9.69 Å². The van der Waals surface area contributed by atoms with Crippen LogP contribution in [0, 0.1) is 5.92 Å². The lowest BCUT2D eigenvalue weighted by Crippen LogP contribution is -2.48. The van der Waals surface area contributed by atoms with Crippen molar-refractivity contribution in [2.24, 2.45) is 11.7 Å². The molecule has 0 rings (SSSR count). The Balaban J connectivity index is 4.41. The van der Waals surface area contributed by atoms with Gasteiger partial charge in [-0.2, -0.15) is 0 Å². The summed E-state index contributed by atoms with van der Waals surface area (Å²) in [6.07, 6.45) is 1.91. The Labute approximate surface area is 87.6 Å². The molecule has 0 aliphatic rings. The van der Waals surface area contributed by atoms with Gasteiger partial charge in [0.05, 0.1) is 6.04 Å². The average molecular weight is 200 g/mol. The van der Waals surface area contributed by atoms with Gasteiger partial charge >= 0.3 is 0 Å². The zero-order chi connectivity index (χ0) is 11.3. The van der Waals surface area contributed by atoms with E-state index in [-0.39, 0.29) is 11.9 Å². The summed E-state index contributed by atoms with van der Waals surface area (Å²) in [5.74, 6) is 0.374. The smallest absolute Gasteiger partial charge is 0.234 e. The predicted octanol–water partition coefficient (Wildman–Crippen LogP) is 1.62. The zero-order valence-electron chi connectivity index (χ0n) is 10.1. The molecule has 0 unspecified atom stereocenters. The molecular formula is C11H24N2O. The Morgan fingerprint density at radius 3 is 2.07 bits per heavy atom. The number of primary amides is 1. The van der Waals surface area contributed by atoms with E-state index in [4.69, 9.17) is 5.73 Å². The summed E-state index contributed by atoms with van der Waals surface area (Å²) in [6, 6.07) is 0.274. The van der Waals surface area contributed by atoms with Gasteiger partial charge in [0.1, 0.15) is 0 Å². The quantitative estimate of drug-likeness (QED) is 0.708. The van der Waals surface area contributed by atoms with E-state index < -0.39 is 0 Å². The lowest BCUT2D eigenvalue weighted by molar-refractivity contribution is -0.123. The SMILES string of the molecule is CC[C@H](C)[C@@H](C)N(C)[C@@H](CC)C(N)=O. The fraction of sp³-hybridized carbons (Fsp3) is 0.909. The van der Waals surface area contributed by atoms with Crippen molar-refractivity contribution in [2.45, 2.75) is 52.6 Å². The maximum Gasteiger partial charge on any atom is 0.234 e. The molecule has 1 amide bonds. The number of carbonyl (C=O) groups is 1. The second-order valence-electron chi connectivity index (χ2n) is 4.12. The van der Waals surface area contributed by atoms with E-state index in [2.05, 4.69) is 25.7 Å². The molecule has 0 spiro atoms. The number of rotatable bonds is 6. The number of nitrogens with two attached hydrogens (primary N) is 1. The van der Waals surface area contributed by atoms with Gasteiger partial charge in [0.25, 0.3) is 0 Å². The van der Waals surface area contributed by atoms with Crippen LogP contribution in [0.5, 0.6) is 0 Å². The van der Waals surface area contributed by atoms with Gasteiger partial charge in [-0.25, -0.2) is 0 Å². The third-order valence-electron chi connectivity index (χ3n) is 3.32. The molecule has 0 fully saturated rings. The van der Waals surface area contributed by atoms with Crippen molar-refractivity contribution >= 4 is 5.91 Å². The van der Waals surface area contributed by atoms with Crippen molar-refractivity contribution in [1.82, 2.24) is 4.90 Å². The van der Waals surface area contributed by atoms with E-state index in [9.17, 15) is 4.79 Å². The first-order valence-electron chi connectivity index (χ1n) is 5.46. The first-order chi connectivity index (χ1) is 6.45. The molecule has 14 heavy (non-hydrogen) atoms. The van der Waals surface area contributed by atoms with Crippen LogP contribution < -0.4 is 5.73 Å². The second kappa shape index (κ2) is 6.02. The highest BCUT2D eigenvalue weighted by Crippen LogP contribution is 2.16. The van der Waals surface area contributed by atoms with Crippen LogP contribution in [0.1, 0.15) is 40.5 Å². The lowest BCUT2D eigenvalue weighted by Gasteiger charge is -2.33. The van der Waals surface area contributed by atoms with E-state index in [0.29, 0.717) is 12.0 Å². The van der Waals surface area contributed by atoms with Crippen molar-refractivity contribution in [3.05, 3.63) is 0 Å². The van der Waals surface area contributed by atoms with Crippen molar-refractivity contribution in [1.29, 1.82) is 0 Å². The van der Waals surface area contributed by atoms with Crippen molar-refractivity contribution in [2.75, 3.05) is 7.05 Å². The number of amides is 1. The molecule has 0 saturated heterocycles. The van der Waals surface area contributed by atoms with Crippen LogP contribution in [0.4, 0.5) is 0 Å². The molecule has 3 atom stereocenters. The molecule has 0 aliphatic carbocycles. The third-order valence-corrected chi connectivity index (χ3v) is 3.32. The number of likely N-dealkylation sites (N-methyl/N-ethyl adjacent to an activating group) is 1. The first kappa shape index (κ1) is 13.4. The van der Waals surface area contributed by atoms with Crippen LogP contribution in [0.25, 0.3) is 0 Å². The zero-order valence-corrected chi connectivity index (χ0v) is 10.1. The van der Waals surface area contributed by atoms with Gasteiger partial charge in [-0.15, -0.1) is 0 Å². The normalized spacial score (nSPS) is 17.9. The summed E-state index contributed by atoms with van der Waals surface area (Å²) in [7, 11) is 1.98. The molecule has 0 aromatic carbocycles. The fourth-order valence-corrected chi connectivity index (χ4v) is 1.72. The first-order valence-corrected chi connectivity index (χ1v) is 5.46. The summed E-state index contributed by atoms with van der Waals surface area (Å²) in [5, 5.41) is 0. The molecule has 0 bridgehead atoms. The highest BCUT2D eigenvalue weighted by Gasteiger charge is 2.25. The van der Waals surface area contributed by atoms with Crippen LogP contribution in [0.2, 0.25) is 0 Å².